The molecule has 0 aliphatic rings. The van der Waals surface area contributed by atoms with Crippen molar-refractivity contribution >= 4 is 39.1 Å². The highest BCUT2D eigenvalue weighted by Gasteiger charge is 2.36. The lowest BCUT2D eigenvalue weighted by atomic mass is 10.0. The van der Waals surface area contributed by atoms with Crippen LogP contribution in [0.1, 0.15) is 30.9 Å². The number of unbranched alkanes of at least 4 members (excludes halogenated alkanes) is 1. The Morgan fingerprint density at radius 3 is 2.14 bits per heavy atom. The molecule has 0 radical (unpaired) electrons. The molecule has 0 aliphatic carbocycles. The maximum atomic E-state index is 14.7. The van der Waals surface area contributed by atoms with Crippen LogP contribution in [-0.4, -0.2) is 65.6 Å². The van der Waals surface area contributed by atoms with Crippen molar-refractivity contribution < 1.29 is 36.6 Å². The summed E-state index contributed by atoms with van der Waals surface area (Å²) >= 11 is 6.37. The van der Waals surface area contributed by atoms with Gasteiger partial charge in [0.2, 0.25) is 11.8 Å². The molecule has 0 aliphatic heterocycles. The number of rotatable bonds is 17. The molecule has 1 N–H and O–H groups in total. The quantitative estimate of drug-likeness (QED) is 0.128. The molecule has 0 aromatic heterocycles. The molecule has 1 unspecified atom stereocenters. The van der Waals surface area contributed by atoms with E-state index in [0.29, 0.717) is 17.9 Å². The zero-order valence-corrected chi connectivity index (χ0v) is 30.0. The van der Waals surface area contributed by atoms with Gasteiger partial charge in [-0.15, -0.1) is 0 Å². The van der Waals surface area contributed by atoms with Gasteiger partial charge in [-0.1, -0.05) is 67.4 Å². The highest BCUT2D eigenvalue weighted by Crippen LogP contribution is 2.37. The van der Waals surface area contributed by atoms with Crippen LogP contribution in [0.15, 0.2) is 95.9 Å². The number of benzene rings is 4. The summed E-state index contributed by atoms with van der Waals surface area (Å²) in [5.41, 5.74) is 1.32. The first-order chi connectivity index (χ1) is 24.0. The largest absolute Gasteiger partial charge is 0.495 e. The van der Waals surface area contributed by atoms with Gasteiger partial charge in [0.05, 0.1) is 31.9 Å². The Labute approximate surface area is 297 Å². The second-order valence-electron chi connectivity index (χ2n) is 11.3. The lowest BCUT2D eigenvalue weighted by molar-refractivity contribution is -0.140. The summed E-state index contributed by atoms with van der Waals surface area (Å²) in [6.45, 7) is 1.52. The van der Waals surface area contributed by atoms with Crippen molar-refractivity contribution in [2.24, 2.45) is 0 Å². The van der Waals surface area contributed by atoms with Gasteiger partial charge in [-0.05, 0) is 60.0 Å². The van der Waals surface area contributed by atoms with Gasteiger partial charge in [0.1, 0.15) is 24.2 Å². The van der Waals surface area contributed by atoms with E-state index in [1.807, 2.05) is 37.3 Å². The molecule has 4 aromatic rings. The number of hydrogen-bond donors (Lipinski definition) is 1. The number of nitrogens with zero attached hydrogens (tertiary/aromatic N) is 2. The number of amides is 2. The van der Waals surface area contributed by atoms with Crippen LogP contribution in [0.25, 0.3) is 0 Å². The van der Waals surface area contributed by atoms with Gasteiger partial charge in [0, 0.05) is 30.6 Å². The number of hydrogen-bond acceptors (Lipinski definition) is 7. The van der Waals surface area contributed by atoms with E-state index < -0.39 is 40.2 Å². The predicted octanol–water partition coefficient (Wildman–Crippen LogP) is 6.26. The minimum atomic E-state index is -4.53. The molecule has 13 heteroatoms. The van der Waals surface area contributed by atoms with Crippen molar-refractivity contribution in [3.05, 3.63) is 113 Å². The highest BCUT2D eigenvalue weighted by atomic mass is 35.5. The molecule has 10 nitrogen and oxygen atoms in total. The third kappa shape index (κ3) is 9.45. The first kappa shape index (κ1) is 38.0. The molecule has 4 rings (SSSR count). The van der Waals surface area contributed by atoms with Crippen molar-refractivity contribution in [3.63, 3.8) is 0 Å². The molecule has 4 aromatic carbocycles. The molecule has 1 atom stereocenters. The van der Waals surface area contributed by atoms with E-state index in [4.69, 9.17) is 25.8 Å². The van der Waals surface area contributed by atoms with Crippen molar-refractivity contribution in [2.45, 2.75) is 43.7 Å². The Bertz CT molecular complexity index is 1860. The van der Waals surface area contributed by atoms with E-state index >= 15 is 0 Å². The van der Waals surface area contributed by atoms with Crippen molar-refractivity contribution in [3.8, 4) is 17.2 Å². The van der Waals surface area contributed by atoms with Crippen LogP contribution in [0.4, 0.5) is 10.1 Å². The van der Waals surface area contributed by atoms with E-state index in [-0.39, 0.29) is 40.1 Å². The highest BCUT2D eigenvalue weighted by molar-refractivity contribution is 7.92. The van der Waals surface area contributed by atoms with Gasteiger partial charge in [0.15, 0.2) is 11.5 Å². The number of ether oxygens (including phenoxy) is 3. The van der Waals surface area contributed by atoms with E-state index in [0.717, 1.165) is 22.7 Å². The standard InChI is InChI=1S/C37H41ClFN3O7S/c1-5-6-20-40-37(44)32(21-26-10-8-7-9-11-26)41(24-27-12-15-29(39)16-13-27)36(43)25-42(31-22-28(38)14-18-33(31)47-2)50(45,46)30-17-19-34(48-3)35(23-30)49-4/h7-19,22-23,32H,5-6,20-21,24-25H2,1-4H3,(H,40,44). The Morgan fingerprint density at radius 2 is 1.50 bits per heavy atom. The molecule has 0 heterocycles. The van der Waals surface area contributed by atoms with E-state index in [2.05, 4.69) is 5.32 Å². The van der Waals surface area contributed by atoms with Crippen molar-refractivity contribution in [2.75, 3.05) is 38.7 Å². The van der Waals surface area contributed by atoms with Gasteiger partial charge >= 0.3 is 0 Å². The van der Waals surface area contributed by atoms with Gasteiger partial charge in [0.25, 0.3) is 10.0 Å². The summed E-state index contributed by atoms with van der Waals surface area (Å²) in [7, 11) is -0.360. The Morgan fingerprint density at radius 1 is 0.840 bits per heavy atom. The number of sulfonamides is 1. The zero-order valence-electron chi connectivity index (χ0n) is 28.4. The summed E-state index contributed by atoms with van der Waals surface area (Å²) in [5.74, 6) is -0.987. The molecule has 0 bridgehead atoms. The van der Waals surface area contributed by atoms with E-state index in [9.17, 15) is 22.4 Å². The summed E-state index contributed by atoms with van der Waals surface area (Å²) in [6, 6.07) is 22.2. The molecule has 0 spiro atoms. The minimum absolute atomic E-state index is 0.00289. The number of nitrogens with one attached hydrogen (secondary N) is 1. The number of halogens is 2. The van der Waals surface area contributed by atoms with E-state index in [1.165, 1.54) is 86.9 Å². The van der Waals surface area contributed by atoms with Crippen LogP contribution in [0, 0.1) is 5.82 Å². The van der Waals surface area contributed by atoms with Crippen molar-refractivity contribution in [1.29, 1.82) is 0 Å². The zero-order chi connectivity index (χ0) is 36.3. The molecule has 50 heavy (non-hydrogen) atoms. The maximum Gasteiger partial charge on any atom is 0.265 e. The SMILES string of the molecule is CCCCNC(=O)C(Cc1ccccc1)N(Cc1ccc(F)cc1)C(=O)CN(c1cc(Cl)ccc1OC)S(=O)(=O)c1ccc(OC)c(OC)c1. The molecular weight excluding hydrogens is 685 g/mol. The number of carbonyl (C=O) groups is 2. The molecular formula is C37H41ClFN3O7S. The Kier molecular flexibility index (Phi) is 13.5. The summed E-state index contributed by atoms with van der Waals surface area (Å²) < 4.78 is 60.1. The normalized spacial score (nSPS) is 11.7. The molecule has 0 saturated carbocycles. The van der Waals surface area contributed by atoms with Crippen LogP contribution in [0.3, 0.4) is 0 Å². The minimum Gasteiger partial charge on any atom is -0.495 e. The monoisotopic (exact) mass is 725 g/mol. The summed E-state index contributed by atoms with van der Waals surface area (Å²) in [4.78, 5) is 29.7. The van der Waals surface area contributed by atoms with Crippen LogP contribution >= 0.6 is 11.6 Å². The third-order valence-corrected chi connectivity index (χ3v) is 9.99. The number of anilines is 1. The number of carbonyl (C=O) groups excluding carboxylic acids is 2. The molecule has 0 fully saturated rings. The summed E-state index contributed by atoms with van der Waals surface area (Å²) in [6.07, 6.45) is 1.70. The van der Waals surface area contributed by atoms with Crippen LogP contribution in [0.2, 0.25) is 5.02 Å². The summed E-state index contributed by atoms with van der Waals surface area (Å²) in [5, 5.41) is 3.13. The van der Waals surface area contributed by atoms with Crippen LogP contribution in [0.5, 0.6) is 17.2 Å². The van der Waals surface area contributed by atoms with Gasteiger partial charge in [-0.2, -0.15) is 0 Å². The van der Waals surface area contributed by atoms with E-state index in [1.54, 1.807) is 0 Å². The van der Waals surface area contributed by atoms with Gasteiger partial charge < -0.3 is 24.4 Å². The topological polar surface area (TPSA) is 114 Å². The first-order valence-electron chi connectivity index (χ1n) is 16.0. The third-order valence-electron chi connectivity index (χ3n) is 8.00. The molecule has 0 saturated heterocycles. The molecule has 266 valence electrons. The fraction of sp³-hybridized carbons (Fsp3) is 0.297. The fourth-order valence-electron chi connectivity index (χ4n) is 5.32. The fourth-order valence-corrected chi connectivity index (χ4v) is 6.92. The number of methoxy groups -OCH3 is 3. The second kappa shape index (κ2) is 17.7. The average Bonchev–Trinajstić information content (AvgIpc) is 3.12. The van der Waals surface area contributed by atoms with Crippen LogP contribution in [-0.2, 0) is 32.6 Å². The van der Waals surface area contributed by atoms with Crippen molar-refractivity contribution in [1.82, 2.24) is 10.2 Å². The Hall–Kier alpha value is -4.81. The predicted molar refractivity (Wildman–Crippen MR) is 191 cm³/mol. The second-order valence-corrected chi connectivity index (χ2v) is 13.6. The maximum absolute atomic E-state index is 14.7. The van der Waals surface area contributed by atoms with Gasteiger partial charge in [-0.3, -0.25) is 13.9 Å². The lowest BCUT2D eigenvalue weighted by Gasteiger charge is -2.34. The lowest BCUT2D eigenvalue weighted by Crippen LogP contribution is -2.53. The Balaban J connectivity index is 1.86. The van der Waals surface area contributed by atoms with Crippen LogP contribution < -0.4 is 23.8 Å². The smallest absolute Gasteiger partial charge is 0.265 e. The first-order valence-corrected chi connectivity index (χ1v) is 17.8. The van der Waals surface area contributed by atoms with Gasteiger partial charge in [-0.25, -0.2) is 12.8 Å². The average molecular weight is 726 g/mol. The molecule has 2 amide bonds.